The van der Waals surface area contributed by atoms with E-state index in [1.165, 1.54) is 0 Å². The number of carboxylic acid groups (broad SMARTS) is 1. The fourth-order valence-corrected chi connectivity index (χ4v) is 5.74. The van der Waals surface area contributed by atoms with Gasteiger partial charge in [0.1, 0.15) is 24.7 Å². The number of carboxylic acids is 1. The zero-order valence-electron chi connectivity index (χ0n) is 32.5. The van der Waals surface area contributed by atoms with Crippen molar-refractivity contribution in [1.29, 1.82) is 0 Å². The molecule has 300 valence electrons. The van der Waals surface area contributed by atoms with E-state index in [9.17, 15) is 9.59 Å². The Bertz CT molecular complexity index is 2140. The number of Topliss-reactive ketones (excluding diaryl/α,β-unsaturated/α-hetero) is 1. The minimum Gasteiger partial charge on any atom is -0.492 e. The molecule has 5 N–H and O–H groups in total. The molecule has 6 aromatic rings. The lowest BCUT2D eigenvalue weighted by molar-refractivity contribution is 0.0696. The van der Waals surface area contributed by atoms with Gasteiger partial charge < -0.3 is 30.1 Å². The highest BCUT2D eigenvalue weighted by Crippen LogP contribution is 2.32. The normalized spacial score (nSPS) is 10.7. The van der Waals surface area contributed by atoms with Crippen LogP contribution in [0.1, 0.15) is 38.3 Å². The number of ether oxygens (including phenoxy) is 2. The third kappa shape index (κ3) is 14.2. The summed E-state index contributed by atoms with van der Waals surface area (Å²) in [4.78, 5) is 27.8. The molecule has 6 rings (SSSR count). The number of aromatic nitrogens is 4. The Balaban J connectivity index is 0.000000215. The molecule has 0 saturated heterocycles. The summed E-state index contributed by atoms with van der Waals surface area (Å²) >= 11 is 11.9. The average molecular weight is 815 g/mol. The van der Waals surface area contributed by atoms with Gasteiger partial charge >= 0.3 is 5.97 Å². The molecular formula is C43H49Cl2N7O5. The van der Waals surface area contributed by atoms with Crippen molar-refractivity contribution < 1.29 is 24.2 Å². The summed E-state index contributed by atoms with van der Waals surface area (Å²) in [6, 6.07) is 25.6. The Morgan fingerprint density at radius 3 is 1.60 bits per heavy atom. The lowest BCUT2D eigenvalue weighted by atomic mass is 9.99. The van der Waals surface area contributed by atoms with Crippen molar-refractivity contribution in [1.82, 2.24) is 30.2 Å². The van der Waals surface area contributed by atoms with Gasteiger partial charge in [-0.25, -0.2) is 4.79 Å². The molecule has 0 spiro atoms. The summed E-state index contributed by atoms with van der Waals surface area (Å²) < 4.78 is 11.7. The number of aryl methyl sites for hydroxylation is 1. The van der Waals surface area contributed by atoms with Crippen LogP contribution in [0.3, 0.4) is 0 Å². The Morgan fingerprint density at radius 2 is 1.18 bits per heavy atom. The van der Waals surface area contributed by atoms with Crippen LogP contribution in [0.4, 0.5) is 0 Å². The summed E-state index contributed by atoms with van der Waals surface area (Å²) in [5, 5.41) is 24.0. The monoisotopic (exact) mass is 813 g/mol. The zero-order valence-corrected chi connectivity index (χ0v) is 34.1. The third-order valence-corrected chi connectivity index (χ3v) is 9.24. The first-order valence-electron chi connectivity index (χ1n) is 18.2. The molecule has 0 aliphatic heterocycles. The van der Waals surface area contributed by atoms with Crippen molar-refractivity contribution in [2.45, 2.75) is 19.4 Å². The number of ketones is 1. The number of nitrogens with one attached hydrogen (secondary N) is 2. The summed E-state index contributed by atoms with van der Waals surface area (Å²) in [5.41, 5.74) is 11.7. The highest BCUT2D eigenvalue weighted by Gasteiger charge is 2.15. The maximum Gasteiger partial charge on any atom is 0.335 e. The number of likely N-dealkylation sites (N-methyl/N-ethyl adjacent to an activating group) is 2. The largest absolute Gasteiger partial charge is 0.492 e. The summed E-state index contributed by atoms with van der Waals surface area (Å²) in [6.07, 6.45) is 7.98. The number of aromatic carboxylic acids is 1. The lowest BCUT2D eigenvalue weighted by Crippen LogP contribution is -2.19. The van der Waals surface area contributed by atoms with Crippen molar-refractivity contribution in [3.05, 3.63) is 142 Å². The van der Waals surface area contributed by atoms with Crippen LogP contribution in [0.15, 0.2) is 110 Å². The zero-order chi connectivity index (χ0) is 41.2. The van der Waals surface area contributed by atoms with Gasteiger partial charge in [0.15, 0.2) is 5.78 Å². The quantitative estimate of drug-likeness (QED) is 0.0705. The number of hydrogen-bond acceptors (Lipinski definition) is 9. The summed E-state index contributed by atoms with van der Waals surface area (Å²) in [5.74, 6) is 0.331. The van der Waals surface area contributed by atoms with Crippen molar-refractivity contribution in [3.8, 4) is 33.8 Å². The molecule has 0 aliphatic carbocycles. The second-order valence-electron chi connectivity index (χ2n) is 13.3. The van der Waals surface area contributed by atoms with Gasteiger partial charge in [-0.05, 0) is 88.2 Å². The second kappa shape index (κ2) is 22.9. The first kappa shape index (κ1) is 44.2. The van der Waals surface area contributed by atoms with Gasteiger partial charge in [-0.2, -0.15) is 10.2 Å². The molecule has 12 nitrogen and oxygen atoms in total. The smallest absolute Gasteiger partial charge is 0.335 e. The van der Waals surface area contributed by atoms with Crippen LogP contribution in [0.2, 0.25) is 10.0 Å². The van der Waals surface area contributed by atoms with Gasteiger partial charge in [0.05, 0.1) is 18.0 Å². The van der Waals surface area contributed by atoms with Gasteiger partial charge in [-0.15, -0.1) is 0 Å². The first-order valence-corrected chi connectivity index (χ1v) is 19.0. The lowest BCUT2D eigenvalue weighted by Gasteiger charge is -2.15. The van der Waals surface area contributed by atoms with Crippen LogP contribution in [0.5, 0.6) is 11.5 Å². The van der Waals surface area contributed by atoms with E-state index in [0.717, 1.165) is 51.5 Å². The molecule has 0 amide bonds. The number of benzene rings is 4. The summed E-state index contributed by atoms with van der Waals surface area (Å²) in [6.45, 7) is 3.08. The van der Waals surface area contributed by atoms with E-state index in [1.54, 1.807) is 36.8 Å². The molecule has 0 saturated carbocycles. The predicted molar refractivity (Wildman–Crippen MR) is 227 cm³/mol. The maximum atomic E-state index is 12.7. The van der Waals surface area contributed by atoms with E-state index in [0.29, 0.717) is 54.7 Å². The second-order valence-corrected chi connectivity index (χ2v) is 14.1. The molecule has 0 aliphatic rings. The van der Waals surface area contributed by atoms with Gasteiger partial charge in [0.2, 0.25) is 0 Å². The van der Waals surface area contributed by atoms with Crippen molar-refractivity contribution >= 4 is 35.0 Å². The molecule has 14 heteroatoms. The minimum atomic E-state index is -0.971. The number of carbonyl (C=O) groups is 2. The highest BCUT2D eigenvalue weighted by molar-refractivity contribution is 6.31. The van der Waals surface area contributed by atoms with Crippen LogP contribution >= 0.6 is 23.2 Å². The van der Waals surface area contributed by atoms with Crippen molar-refractivity contribution in [3.63, 3.8) is 0 Å². The Kier molecular flexibility index (Phi) is 17.8. The Hall–Kier alpha value is -5.50. The van der Waals surface area contributed by atoms with Gasteiger partial charge in [-0.3, -0.25) is 15.0 Å². The molecule has 0 radical (unpaired) electrons. The molecule has 0 bridgehead atoms. The van der Waals surface area contributed by atoms with Crippen molar-refractivity contribution in [2.24, 2.45) is 5.73 Å². The standard InChI is InChI=1S/C22H24ClN3O2.C14H17N3O3.C7H8ClN/c1-26(2)11-12-28-22-13-17(7-9-19(22)18-14-24-25-15-18)21(27)10-8-16-5-3-4-6-20(16)23;1-17(2)5-6-20-13-7-10(14(18)19)3-4-12(13)11-8-15-16-9-11;8-7-4-2-1-3-6(7)5-9/h3-7,9,13-15H,8,10-12H2,1-2H3,(H,24,25);3-4,7-9H,5-6H2,1-2H3,(H,15,16)(H,18,19);1-4H,5,9H2. The van der Waals surface area contributed by atoms with E-state index < -0.39 is 5.97 Å². The van der Waals surface area contributed by atoms with Gasteiger partial charge in [0, 0.05) is 76.3 Å². The van der Waals surface area contributed by atoms with Crippen molar-refractivity contribution in [2.75, 3.05) is 54.5 Å². The van der Waals surface area contributed by atoms with Gasteiger partial charge in [0.25, 0.3) is 0 Å². The van der Waals surface area contributed by atoms with Crippen LogP contribution in [0, 0.1) is 0 Å². The Morgan fingerprint density at radius 1 is 0.702 bits per heavy atom. The number of carbonyl (C=O) groups excluding carboxylic acids is 1. The molecular weight excluding hydrogens is 765 g/mol. The molecule has 2 heterocycles. The van der Waals surface area contributed by atoms with E-state index >= 15 is 0 Å². The molecule has 4 aromatic carbocycles. The van der Waals surface area contributed by atoms with Crippen LogP contribution in [-0.2, 0) is 13.0 Å². The highest BCUT2D eigenvalue weighted by atomic mass is 35.5. The maximum absolute atomic E-state index is 12.7. The number of halogens is 2. The molecule has 2 aromatic heterocycles. The molecule has 0 fully saturated rings. The van der Waals surface area contributed by atoms with Gasteiger partial charge in [-0.1, -0.05) is 65.7 Å². The van der Waals surface area contributed by atoms with E-state index in [1.807, 2.05) is 106 Å². The number of H-pyrrole nitrogens is 2. The number of hydrogen-bond donors (Lipinski definition) is 4. The number of nitrogens with zero attached hydrogens (tertiary/aromatic N) is 4. The average Bonchev–Trinajstić information content (AvgIpc) is 3.94. The molecule has 0 unspecified atom stereocenters. The molecule has 57 heavy (non-hydrogen) atoms. The number of nitrogens with two attached hydrogens (primary N) is 1. The van der Waals surface area contributed by atoms with E-state index in [-0.39, 0.29) is 11.3 Å². The van der Waals surface area contributed by atoms with E-state index in [2.05, 4.69) is 25.3 Å². The fraction of sp³-hybridized carbons (Fsp3) is 0.256. The number of aromatic amines is 2. The molecule has 0 atom stereocenters. The fourth-order valence-electron chi connectivity index (χ4n) is 5.30. The predicted octanol–water partition coefficient (Wildman–Crippen LogP) is 8.00. The SMILES string of the molecule is CN(C)CCOc1cc(C(=O)CCc2ccccc2Cl)ccc1-c1cn[nH]c1.CN(C)CCOc1cc(C(=O)O)ccc1-c1cn[nH]c1.NCc1ccccc1Cl. The minimum absolute atomic E-state index is 0.0659. The Labute approximate surface area is 343 Å². The number of rotatable bonds is 16. The topological polar surface area (TPSA) is 163 Å². The van der Waals surface area contributed by atoms with Crippen LogP contribution in [-0.4, -0.2) is 102 Å². The van der Waals surface area contributed by atoms with Crippen LogP contribution in [0.25, 0.3) is 22.3 Å². The summed E-state index contributed by atoms with van der Waals surface area (Å²) in [7, 11) is 7.89. The van der Waals surface area contributed by atoms with Crippen LogP contribution < -0.4 is 15.2 Å². The van der Waals surface area contributed by atoms with E-state index in [4.69, 9.17) is 43.5 Å². The first-order chi connectivity index (χ1) is 27.5. The third-order valence-electron chi connectivity index (χ3n) is 8.50.